The number of methoxy groups -OCH3 is 4. The maximum atomic E-state index is 6.76. The van der Waals surface area contributed by atoms with Crippen LogP contribution in [-0.2, 0) is 97.0 Å². The lowest BCUT2D eigenvalue weighted by atomic mass is 10.1. The summed E-state index contributed by atoms with van der Waals surface area (Å²) < 4.78 is 101. The lowest BCUT2D eigenvalue weighted by molar-refractivity contribution is -0.366. The highest BCUT2D eigenvalue weighted by Gasteiger charge is 2.44. The normalized spacial score (nSPS) is 26.2. The zero-order chi connectivity index (χ0) is 51.6. The molecule has 73 heavy (non-hydrogen) atoms. The van der Waals surface area contributed by atoms with E-state index in [2.05, 4.69) is 33.9 Å². The Balaban J connectivity index is 1.06. The Morgan fingerprint density at radius 2 is 0.877 bits per heavy atom. The van der Waals surface area contributed by atoms with Crippen molar-refractivity contribution in [2.75, 3.05) is 68.1 Å². The first kappa shape index (κ1) is 57.0. The minimum absolute atomic E-state index is 0.00596. The molecular weight excluding hydrogens is 957 g/mol. The maximum Gasteiger partial charge on any atom is 0.209 e. The monoisotopic (exact) mass is 1030 g/mol. The first-order chi connectivity index (χ1) is 35.4. The van der Waals surface area contributed by atoms with Gasteiger partial charge in [0.15, 0.2) is 14.6 Å². The van der Waals surface area contributed by atoms with E-state index in [-0.39, 0.29) is 44.7 Å². The molecule has 0 aromatic heterocycles. The third kappa shape index (κ3) is 16.9. The van der Waals surface area contributed by atoms with Crippen molar-refractivity contribution >= 4 is 8.32 Å². The summed E-state index contributed by atoms with van der Waals surface area (Å²) in [6.07, 6.45) is -7.73. The highest BCUT2D eigenvalue weighted by Crippen LogP contribution is 2.37. The number of ether oxygens (including phenoxy) is 15. The predicted molar refractivity (Wildman–Crippen MR) is 273 cm³/mol. The van der Waals surface area contributed by atoms with Crippen LogP contribution in [-0.4, -0.2) is 151 Å². The number of hydrogen-bond acceptors (Lipinski definition) is 16. The molecule has 16 nitrogen and oxygen atoms in total. The van der Waals surface area contributed by atoms with E-state index in [1.54, 1.807) is 28.4 Å². The summed E-state index contributed by atoms with van der Waals surface area (Å²) in [7, 11) is 4.20. The van der Waals surface area contributed by atoms with Crippen LogP contribution in [0.3, 0.4) is 0 Å². The zero-order valence-corrected chi connectivity index (χ0v) is 45.0. The lowest BCUT2D eigenvalue weighted by Crippen LogP contribution is -2.55. The Kier molecular flexibility index (Phi) is 22.2. The van der Waals surface area contributed by atoms with Gasteiger partial charge >= 0.3 is 0 Å². The van der Waals surface area contributed by atoms with Crippen molar-refractivity contribution in [3.63, 3.8) is 0 Å². The summed E-state index contributed by atoms with van der Waals surface area (Å²) in [5, 5.41) is -0.00596. The van der Waals surface area contributed by atoms with Gasteiger partial charge in [-0.15, -0.1) is 0 Å². The molecule has 0 unspecified atom stereocenters. The first-order valence-corrected chi connectivity index (χ1v) is 28.1. The number of rotatable bonds is 27. The van der Waals surface area contributed by atoms with E-state index in [9.17, 15) is 0 Å². The van der Waals surface area contributed by atoms with Crippen molar-refractivity contribution in [2.45, 2.75) is 139 Å². The molecule has 12 atom stereocenters. The van der Waals surface area contributed by atoms with Crippen LogP contribution in [0.2, 0.25) is 18.1 Å². The fourth-order valence-corrected chi connectivity index (χ4v) is 9.27. The van der Waals surface area contributed by atoms with Crippen LogP contribution in [0.1, 0.15) is 43.0 Å². The largest absolute Gasteiger partial charge is 0.497 e. The van der Waals surface area contributed by atoms with Gasteiger partial charge in [0.25, 0.3) is 0 Å². The Hall–Kier alpha value is -3.70. The van der Waals surface area contributed by atoms with Gasteiger partial charge in [0, 0.05) is 27.8 Å². The molecule has 0 aliphatic carbocycles. The van der Waals surface area contributed by atoms with E-state index in [1.165, 1.54) is 0 Å². The molecule has 3 aliphatic heterocycles. The molecule has 0 spiro atoms. The molecule has 0 amide bonds. The molecule has 3 aliphatic rings. The molecule has 17 heteroatoms. The summed E-state index contributed by atoms with van der Waals surface area (Å²) >= 11 is 0. The van der Waals surface area contributed by atoms with Gasteiger partial charge in [0.05, 0.1) is 66.6 Å². The molecule has 7 rings (SSSR count). The highest BCUT2D eigenvalue weighted by atomic mass is 28.4. The summed E-state index contributed by atoms with van der Waals surface area (Å²) in [6.45, 7) is 12.9. The number of hydrogen-bond donors (Lipinski definition) is 0. The van der Waals surface area contributed by atoms with Crippen LogP contribution >= 0.6 is 0 Å². The first-order valence-electron chi connectivity index (χ1n) is 25.2. The van der Waals surface area contributed by atoms with Gasteiger partial charge in [0.2, 0.25) is 25.2 Å². The van der Waals surface area contributed by atoms with Crippen molar-refractivity contribution in [2.24, 2.45) is 0 Å². The van der Waals surface area contributed by atoms with Crippen molar-refractivity contribution in [1.29, 1.82) is 0 Å². The fourth-order valence-electron chi connectivity index (χ4n) is 8.26. The topological polar surface area (TPSA) is 148 Å². The standard InChI is InChI=1S/C56H78O16Si/c1-56(2,3)73(8,9)69-38-47(63-32-42-23-17-12-18-24-42)50-37-66-53(60-7)55(72-50)68-34-46(62-31-41-21-15-11-16-22-41)49-36-65-52(59-6)54(71-49)67-33-45(61-30-40-19-13-10-14-20-40)48-35-64-51(58-5)44(70-48)29-39-25-27-43(57-4)28-26-39/h10-28,44-55H,29-38H2,1-9H3/t44-,45-,46-,47-,48+,49+,50+,51-,52+,53+,54+,55+/m0/s1. The van der Waals surface area contributed by atoms with Gasteiger partial charge in [-0.3, -0.25) is 0 Å². The summed E-state index contributed by atoms with van der Waals surface area (Å²) in [5.74, 6) is 0.767. The van der Waals surface area contributed by atoms with Crippen molar-refractivity contribution in [3.05, 3.63) is 138 Å². The third-order valence-corrected chi connectivity index (χ3v) is 18.2. The van der Waals surface area contributed by atoms with E-state index in [4.69, 9.17) is 75.5 Å². The van der Waals surface area contributed by atoms with Gasteiger partial charge < -0.3 is 75.5 Å². The second kappa shape index (κ2) is 28.4. The van der Waals surface area contributed by atoms with Crippen molar-refractivity contribution in [3.8, 4) is 5.75 Å². The Labute approximate surface area is 433 Å². The van der Waals surface area contributed by atoms with E-state index >= 15 is 0 Å². The van der Waals surface area contributed by atoms with E-state index in [1.807, 2.05) is 115 Å². The molecule has 4 aromatic rings. The molecule has 0 saturated carbocycles. The minimum atomic E-state index is -2.16. The summed E-state index contributed by atoms with van der Waals surface area (Å²) in [6, 6.07) is 37.7. The van der Waals surface area contributed by atoms with Gasteiger partial charge in [-0.05, 0) is 52.5 Å². The molecule has 0 radical (unpaired) electrons. The molecule has 0 bridgehead atoms. The minimum Gasteiger partial charge on any atom is -0.497 e. The molecule has 3 saturated heterocycles. The quantitative estimate of drug-likeness (QED) is 0.0528. The van der Waals surface area contributed by atoms with Gasteiger partial charge in [-0.25, -0.2) is 0 Å². The van der Waals surface area contributed by atoms with Crippen LogP contribution in [0.4, 0.5) is 0 Å². The fraction of sp³-hybridized carbons (Fsp3) is 0.571. The van der Waals surface area contributed by atoms with Crippen LogP contribution in [0, 0.1) is 0 Å². The van der Waals surface area contributed by atoms with E-state index < -0.39 is 82.5 Å². The van der Waals surface area contributed by atoms with Gasteiger partial charge in [0.1, 0.15) is 48.5 Å². The van der Waals surface area contributed by atoms with Gasteiger partial charge in [-0.2, -0.15) is 0 Å². The van der Waals surface area contributed by atoms with Crippen molar-refractivity contribution in [1.82, 2.24) is 0 Å². The zero-order valence-electron chi connectivity index (χ0n) is 44.0. The molecular formula is C56H78O16Si. The second-order valence-corrected chi connectivity index (χ2v) is 24.7. The average Bonchev–Trinajstić information content (AvgIpc) is 3.41. The summed E-state index contributed by atoms with van der Waals surface area (Å²) in [5.41, 5.74) is 4.02. The van der Waals surface area contributed by atoms with E-state index in [0.717, 1.165) is 28.0 Å². The van der Waals surface area contributed by atoms with Gasteiger partial charge in [-0.1, -0.05) is 124 Å². The molecule has 0 N–H and O–H groups in total. The third-order valence-electron chi connectivity index (χ3n) is 13.7. The lowest BCUT2D eigenvalue weighted by Gasteiger charge is -2.42. The Morgan fingerprint density at radius 3 is 1.27 bits per heavy atom. The second-order valence-electron chi connectivity index (χ2n) is 19.9. The molecule has 4 aromatic carbocycles. The SMILES string of the molecule is COc1ccc(C[C@@H]2O[C@@H]([C@H](CO[C@@H]3O[C@@H]([C@H](CO[C@@H]4O[C@@H]([C@H](CO[Si](C)(C)C(C)(C)C)OCc5ccccc5)CO[C@H]4OC)OCc4ccccc4)CO[C@H]3OC)OCc3ccccc3)CO[C@@H]2OC)cc1. The van der Waals surface area contributed by atoms with Crippen LogP contribution in [0.5, 0.6) is 5.75 Å². The molecule has 3 fully saturated rings. The van der Waals surface area contributed by atoms with Crippen LogP contribution < -0.4 is 4.74 Å². The molecule has 3 heterocycles. The van der Waals surface area contributed by atoms with Crippen molar-refractivity contribution < 1.29 is 75.5 Å². The molecule has 402 valence electrons. The predicted octanol–water partition coefficient (Wildman–Crippen LogP) is 8.23. The smallest absolute Gasteiger partial charge is 0.209 e. The summed E-state index contributed by atoms with van der Waals surface area (Å²) in [4.78, 5) is 0. The Morgan fingerprint density at radius 1 is 0.479 bits per heavy atom. The van der Waals surface area contributed by atoms with E-state index in [0.29, 0.717) is 26.2 Å². The van der Waals surface area contributed by atoms with Crippen LogP contribution in [0.15, 0.2) is 115 Å². The maximum absolute atomic E-state index is 6.76. The van der Waals surface area contributed by atoms with Crippen LogP contribution in [0.25, 0.3) is 0 Å². The highest BCUT2D eigenvalue weighted by molar-refractivity contribution is 6.74. The average molecular weight is 1040 g/mol. The number of benzene rings is 4. The Bertz CT molecular complexity index is 2130.